The molecule has 0 spiro atoms. The summed E-state index contributed by atoms with van der Waals surface area (Å²) in [5.74, 6) is -0.561. The molecular formula is C21H24FN3O2. The summed E-state index contributed by atoms with van der Waals surface area (Å²) in [7, 11) is 0. The Bertz CT molecular complexity index is 774. The SMILES string of the molecule is O=C(CN1CCC(CNC(=O)c2ccccc2F)CC1)Nc1ccccc1. The molecule has 6 heteroatoms. The van der Waals surface area contributed by atoms with Gasteiger partial charge in [0.05, 0.1) is 12.1 Å². The summed E-state index contributed by atoms with van der Waals surface area (Å²) < 4.78 is 13.6. The lowest BCUT2D eigenvalue weighted by atomic mass is 9.96. The number of para-hydroxylation sites is 1. The molecule has 142 valence electrons. The van der Waals surface area contributed by atoms with Gasteiger partial charge in [0.15, 0.2) is 0 Å². The summed E-state index contributed by atoms with van der Waals surface area (Å²) >= 11 is 0. The van der Waals surface area contributed by atoms with Crippen LogP contribution in [0.3, 0.4) is 0 Å². The number of hydrogen-bond donors (Lipinski definition) is 2. The number of nitrogens with zero attached hydrogens (tertiary/aromatic N) is 1. The zero-order chi connectivity index (χ0) is 19.1. The van der Waals surface area contributed by atoms with Crippen LogP contribution in [0.4, 0.5) is 10.1 Å². The third-order valence-electron chi connectivity index (χ3n) is 4.80. The van der Waals surface area contributed by atoms with Gasteiger partial charge in [0.1, 0.15) is 5.82 Å². The van der Waals surface area contributed by atoms with E-state index in [0.717, 1.165) is 31.6 Å². The van der Waals surface area contributed by atoms with Crippen molar-refractivity contribution in [2.45, 2.75) is 12.8 Å². The third kappa shape index (κ3) is 5.62. The monoisotopic (exact) mass is 369 g/mol. The maximum Gasteiger partial charge on any atom is 0.254 e. The second kappa shape index (κ2) is 9.28. The van der Waals surface area contributed by atoms with Crippen molar-refractivity contribution in [3.63, 3.8) is 0 Å². The molecule has 27 heavy (non-hydrogen) atoms. The van der Waals surface area contributed by atoms with Gasteiger partial charge < -0.3 is 10.6 Å². The van der Waals surface area contributed by atoms with Crippen molar-refractivity contribution >= 4 is 17.5 Å². The van der Waals surface area contributed by atoms with Gasteiger partial charge in [0.25, 0.3) is 5.91 Å². The van der Waals surface area contributed by atoms with Crippen LogP contribution in [0.5, 0.6) is 0 Å². The molecule has 1 aliphatic heterocycles. The van der Waals surface area contributed by atoms with Gasteiger partial charge in [-0.25, -0.2) is 4.39 Å². The Morgan fingerprint density at radius 2 is 1.67 bits per heavy atom. The van der Waals surface area contributed by atoms with Gasteiger partial charge in [-0.05, 0) is 56.1 Å². The molecule has 2 aromatic rings. The third-order valence-corrected chi connectivity index (χ3v) is 4.80. The fourth-order valence-electron chi connectivity index (χ4n) is 3.25. The number of likely N-dealkylation sites (tertiary alicyclic amines) is 1. The van der Waals surface area contributed by atoms with Gasteiger partial charge in [-0.15, -0.1) is 0 Å². The molecule has 2 N–H and O–H groups in total. The van der Waals surface area contributed by atoms with Gasteiger partial charge in [0.2, 0.25) is 5.91 Å². The van der Waals surface area contributed by atoms with E-state index >= 15 is 0 Å². The highest BCUT2D eigenvalue weighted by atomic mass is 19.1. The Balaban J connectivity index is 1.38. The van der Waals surface area contributed by atoms with Crippen LogP contribution in [0.15, 0.2) is 54.6 Å². The standard InChI is InChI=1S/C21H24FN3O2/c22-19-9-5-4-8-18(19)21(27)23-14-16-10-12-25(13-11-16)15-20(26)24-17-6-2-1-3-7-17/h1-9,16H,10-15H2,(H,23,27)(H,24,26). The predicted octanol–water partition coefficient (Wildman–Crippen LogP) is 2.91. The summed E-state index contributed by atoms with van der Waals surface area (Å²) in [4.78, 5) is 26.3. The molecule has 3 rings (SSSR count). The Kier molecular flexibility index (Phi) is 6.54. The van der Waals surface area contributed by atoms with E-state index in [0.29, 0.717) is 19.0 Å². The molecule has 0 saturated carbocycles. The zero-order valence-electron chi connectivity index (χ0n) is 15.2. The van der Waals surface area contributed by atoms with E-state index in [1.807, 2.05) is 30.3 Å². The number of carbonyl (C=O) groups is 2. The quantitative estimate of drug-likeness (QED) is 0.823. The molecule has 1 fully saturated rings. The first-order valence-electron chi connectivity index (χ1n) is 9.22. The van der Waals surface area contributed by atoms with E-state index in [9.17, 15) is 14.0 Å². The summed E-state index contributed by atoms with van der Waals surface area (Å²) in [6, 6.07) is 15.4. The Morgan fingerprint density at radius 3 is 2.37 bits per heavy atom. The number of piperidine rings is 1. The molecule has 0 radical (unpaired) electrons. The van der Waals surface area contributed by atoms with Crippen molar-refractivity contribution in [1.29, 1.82) is 0 Å². The number of amides is 2. The van der Waals surface area contributed by atoms with Crippen LogP contribution < -0.4 is 10.6 Å². The van der Waals surface area contributed by atoms with Crippen LogP contribution in [-0.2, 0) is 4.79 Å². The van der Waals surface area contributed by atoms with Crippen molar-refractivity contribution in [2.75, 3.05) is 31.5 Å². The first-order valence-corrected chi connectivity index (χ1v) is 9.22. The molecule has 1 heterocycles. The number of nitrogens with one attached hydrogen (secondary N) is 2. The summed E-state index contributed by atoms with van der Waals surface area (Å²) in [5, 5.41) is 5.71. The van der Waals surface area contributed by atoms with E-state index in [1.54, 1.807) is 12.1 Å². The average Bonchev–Trinajstić information content (AvgIpc) is 2.68. The van der Waals surface area contributed by atoms with E-state index in [2.05, 4.69) is 15.5 Å². The molecule has 2 amide bonds. The number of carbonyl (C=O) groups excluding carboxylic acids is 2. The van der Waals surface area contributed by atoms with Crippen LogP contribution in [-0.4, -0.2) is 42.9 Å². The minimum Gasteiger partial charge on any atom is -0.352 e. The van der Waals surface area contributed by atoms with Gasteiger partial charge in [0, 0.05) is 12.2 Å². The molecule has 0 aliphatic carbocycles. The lowest BCUT2D eigenvalue weighted by Crippen LogP contribution is -2.42. The molecule has 1 aliphatic rings. The van der Waals surface area contributed by atoms with E-state index < -0.39 is 5.82 Å². The summed E-state index contributed by atoms with van der Waals surface area (Å²) in [5.41, 5.74) is 0.876. The van der Waals surface area contributed by atoms with Gasteiger partial charge >= 0.3 is 0 Å². The molecule has 1 saturated heterocycles. The fourth-order valence-corrected chi connectivity index (χ4v) is 3.25. The lowest BCUT2D eigenvalue weighted by molar-refractivity contribution is -0.117. The number of halogens is 1. The zero-order valence-corrected chi connectivity index (χ0v) is 15.2. The van der Waals surface area contributed by atoms with Crippen molar-refractivity contribution < 1.29 is 14.0 Å². The topological polar surface area (TPSA) is 61.4 Å². The highest BCUT2D eigenvalue weighted by molar-refractivity contribution is 5.94. The van der Waals surface area contributed by atoms with Crippen LogP contribution >= 0.6 is 0 Å². The first-order chi connectivity index (χ1) is 13.1. The van der Waals surface area contributed by atoms with Gasteiger partial charge in [-0.2, -0.15) is 0 Å². The molecule has 0 aromatic heterocycles. The molecule has 0 atom stereocenters. The van der Waals surface area contributed by atoms with Crippen LogP contribution in [0.2, 0.25) is 0 Å². The molecule has 2 aromatic carbocycles. The molecule has 0 unspecified atom stereocenters. The van der Waals surface area contributed by atoms with Crippen LogP contribution in [0.25, 0.3) is 0 Å². The van der Waals surface area contributed by atoms with Gasteiger partial charge in [-0.3, -0.25) is 14.5 Å². The van der Waals surface area contributed by atoms with Crippen LogP contribution in [0.1, 0.15) is 23.2 Å². The highest BCUT2D eigenvalue weighted by Crippen LogP contribution is 2.17. The maximum absolute atomic E-state index is 13.6. The largest absolute Gasteiger partial charge is 0.352 e. The fraction of sp³-hybridized carbons (Fsp3) is 0.333. The Labute approximate surface area is 158 Å². The lowest BCUT2D eigenvalue weighted by Gasteiger charge is -2.31. The first kappa shape index (κ1) is 19.0. The second-order valence-electron chi connectivity index (χ2n) is 6.82. The second-order valence-corrected chi connectivity index (χ2v) is 6.82. The predicted molar refractivity (Wildman–Crippen MR) is 103 cm³/mol. The number of hydrogen-bond acceptors (Lipinski definition) is 3. The molecule has 5 nitrogen and oxygen atoms in total. The minimum atomic E-state index is -0.505. The maximum atomic E-state index is 13.6. The van der Waals surface area contributed by atoms with Crippen LogP contribution in [0, 0.1) is 11.7 Å². The summed E-state index contributed by atoms with van der Waals surface area (Å²) in [6.45, 7) is 2.51. The summed E-state index contributed by atoms with van der Waals surface area (Å²) in [6.07, 6.45) is 1.80. The van der Waals surface area contributed by atoms with Crippen molar-refractivity contribution in [2.24, 2.45) is 5.92 Å². The van der Waals surface area contributed by atoms with E-state index in [1.165, 1.54) is 12.1 Å². The van der Waals surface area contributed by atoms with E-state index in [-0.39, 0.29) is 17.4 Å². The van der Waals surface area contributed by atoms with Crippen molar-refractivity contribution in [1.82, 2.24) is 10.2 Å². The van der Waals surface area contributed by atoms with Crippen molar-refractivity contribution in [3.05, 3.63) is 66.0 Å². The van der Waals surface area contributed by atoms with E-state index in [4.69, 9.17) is 0 Å². The molecular weight excluding hydrogens is 345 g/mol. The number of anilines is 1. The highest BCUT2D eigenvalue weighted by Gasteiger charge is 2.22. The number of rotatable bonds is 6. The Morgan fingerprint density at radius 1 is 1.00 bits per heavy atom. The minimum absolute atomic E-state index is 0.0208. The molecule has 0 bridgehead atoms. The van der Waals surface area contributed by atoms with Crippen molar-refractivity contribution in [3.8, 4) is 0 Å². The van der Waals surface area contributed by atoms with Gasteiger partial charge in [-0.1, -0.05) is 30.3 Å². The Hall–Kier alpha value is -2.73. The normalized spacial score (nSPS) is 15.3. The smallest absolute Gasteiger partial charge is 0.254 e. The number of benzene rings is 2. The average molecular weight is 369 g/mol.